The fraction of sp³-hybridized carbons (Fsp3) is 0.714. The van der Waals surface area contributed by atoms with Crippen molar-refractivity contribution in [3.05, 3.63) is 0 Å². The first-order valence-electron chi connectivity index (χ1n) is 4.13. The number of hydrogen-bond donors (Lipinski definition) is 2. The van der Waals surface area contributed by atoms with Crippen LogP contribution < -0.4 is 11.1 Å². The highest BCUT2D eigenvalue weighted by Gasteiger charge is 2.08. The van der Waals surface area contributed by atoms with Gasteiger partial charge in [0.1, 0.15) is 0 Å². The van der Waals surface area contributed by atoms with Gasteiger partial charge >= 0.3 is 0 Å². The molecule has 0 aromatic carbocycles. The van der Waals surface area contributed by atoms with E-state index in [9.17, 15) is 13.2 Å². The standard InChI is InChI=1S/C7H14N2O3S2/c1-2-14(11,12)4-3-9-7(10)5-6(8)13/h2-5H2,1H3,(H2,8,13)(H,9,10). The van der Waals surface area contributed by atoms with Crippen molar-refractivity contribution in [2.45, 2.75) is 13.3 Å². The first-order chi connectivity index (χ1) is 6.37. The molecule has 0 bridgehead atoms. The van der Waals surface area contributed by atoms with Crippen LogP contribution in [0.5, 0.6) is 0 Å². The van der Waals surface area contributed by atoms with Crippen LogP contribution in [0.1, 0.15) is 13.3 Å². The number of rotatable bonds is 6. The summed E-state index contributed by atoms with van der Waals surface area (Å²) in [6.45, 7) is 1.67. The number of thiocarbonyl (C=S) groups is 1. The molecule has 0 radical (unpaired) electrons. The molecule has 14 heavy (non-hydrogen) atoms. The molecule has 0 spiro atoms. The van der Waals surface area contributed by atoms with Gasteiger partial charge in [-0.2, -0.15) is 0 Å². The van der Waals surface area contributed by atoms with Crippen molar-refractivity contribution < 1.29 is 13.2 Å². The Balaban J connectivity index is 3.75. The highest BCUT2D eigenvalue weighted by Crippen LogP contribution is 1.87. The van der Waals surface area contributed by atoms with E-state index in [1.165, 1.54) is 0 Å². The topological polar surface area (TPSA) is 89.3 Å². The van der Waals surface area contributed by atoms with Crippen molar-refractivity contribution >= 4 is 33.0 Å². The van der Waals surface area contributed by atoms with Gasteiger partial charge in [0.15, 0.2) is 9.84 Å². The summed E-state index contributed by atoms with van der Waals surface area (Å²) in [5.41, 5.74) is 5.13. The molecule has 0 aliphatic carbocycles. The number of nitrogens with two attached hydrogens (primary N) is 1. The van der Waals surface area contributed by atoms with Gasteiger partial charge in [-0.25, -0.2) is 8.42 Å². The average molecular weight is 238 g/mol. The van der Waals surface area contributed by atoms with Gasteiger partial charge in [0.25, 0.3) is 0 Å². The third-order valence-corrected chi connectivity index (χ3v) is 3.36. The van der Waals surface area contributed by atoms with Gasteiger partial charge in [0.05, 0.1) is 17.2 Å². The Kier molecular flexibility index (Phi) is 5.63. The molecule has 3 N–H and O–H groups in total. The van der Waals surface area contributed by atoms with Crippen molar-refractivity contribution in [2.24, 2.45) is 5.73 Å². The molecule has 0 saturated carbocycles. The Hall–Kier alpha value is -0.690. The molecule has 82 valence electrons. The lowest BCUT2D eigenvalue weighted by atomic mass is 10.4. The normalized spacial score (nSPS) is 10.9. The van der Waals surface area contributed by atoms with Crippen LogP contribution in [0.3, 0.4) is 0 Å². The van der Waals surface area contributed by atoms with Gasteiger partial charge in [-0.05, 0) is 0 Å². The van der Waals surface area contributed by atoms with Crippen molar-refractivity contribution in [3.63, 3.8) is 0 Å². The van der Waals surface area contributed by atoms with Gasteiger partial charge < -0.3 is 11.1 Å². The molecule has 0 unspecified atom stereocenters. The third kappa shape index (κ3) is 6.79. The number of hydrogen-bond acceptors (Lipinski definition) is 4. The van der Waals surface area contributed by atoms with E-state index in [-0.39, 0.29) is 35.4 Å². The first kappa shape index (κ1) is 13.3. The van der Waals surface area contributed by atoms with Crippen LogP contribution in [0.15, 0.2) is 0 Å². The lowest BCUT2D eigenvalue weighted by molar-refractivity contribution is -0.119. The molecule has 0 heterocycles. The summed E-state index contributed by atoms with van der Waals surface area (Å²) < 4.78 is 22.0. The Morgan fingerprint density at radius 2 is 2.07 bits per heavy atom. The number of nitrogens with one attached hydrogen (secondary N) is 1. The summed E-state index contributed by atoms with van der Waals surface area (Å²) in [5.74, 6) is -0.311. The summed E-state index contributed by atoms with van der Waals surface area (Å²) in [6, 6.07) is 0. The molecule has 0 rings (SSSR count). The molecule has 0 atom stereocenters. The van der Waals surface area contributed by atoms with Gasteiger partial charge in [0.2, 0.25) is 5.91 Å². The van der Waals surface area contributed by atoms with Crippen molar-refractivity contribution in [1.82, 2.24) is 5.32 Å². The highest BCUT2D eigenvalue weighted by molar-refractivity contribution is 7.91. The maximum absolute atomic E-state index is 11.0. The van der Waals surface area contributed by atoms with Crippen LogP contribution in [0.25, 0.3) is 0 Å². The maximum atomic E-state index is 11.0. The van der Waals surface area contributed by atoms with Gasteiger partial charge in [0, 0.05) is 12.3 Å². The van der Waals surface area contributed by atoms with E-state index in [1.807, 2.05) is 0 Å². The van der Waals surface area contributed by atoms with Crippen molar-refractivity contribution in [3.8, 4) is 0 Å². The minimum Gasteiger partial charge on any atom is -0.393 e. The van der Waals surface area contributed by atoms with E-state index in [0.29, 0.717) is 0 Å². The number of sulfone groups is 1. The molecule has 0 aliphatic heterocycles. The molecule has 1 amide bonds. The largest absolute Gasteiger partial charge is 0.393 e. The summed E-state index contributed by atoms with van der Waals surface area (Å²) in [4.78, 5) is 11.1. The molecule has 0 fully saturated rings. The molecule has 0 aliphatic rings. The van der Waals surface area contributed by atoms with Crippen LogP contribution in [0, 0.1) is 0 Å². The van der Waals surface area contributed by atoms with Crippen molar-refractivity contribution in [2.75, 3.05) is 18.1 Å². The van der Waals surface area contributed by atoms with Crippen LogP contribution in [0.4, 0.5) is 0 Å². The van der Waals surface area contributed by atoms with Gasteiger partial charge in [-0.15, -0.1) is 0 Å². The number of carbonyl (C=O) groups is 1. The number of carbonyl (C=O) groups excluding carboxylic acids is 1. The maximum Gasteiger partial charge on any atom is 0.226 e. The molecule has 0 aromatic heterocycles. The van der Waals surface area contributed by atoms with Gasteiger partial charge in [-0.3, -0.25) is 4.79 Å². The predicted molar refractivity (Wildman–Crippen MR) is 58.7 cm³/mol. The average Bonchev–Trinajstić information content (AvgIpc) is 2.02. The lowest BCUT2D eigenvalue weighted by Gasteiger charge is -2.03. The molecule has 7 heteroatoms. The quantitative estimate of drug-likeness (QED) is 0.592. The third-order valence-electron chi connectivity index (χ3n) is 1.51. The van der Waals surface area contributed by atoms with Crippen LogP contribution in [-0.4, -0.2) is 37.4 Å². The van der Waals surface area contributed by atoms with Gasteiger partial charge in [-0.1, -0.05) is 19.1 Å². The Bertz CT molecular complexity index is 311. The second-order valence-electron chi connectivity index (χ2n) is 2.73. The second kappa shape index (κ2) is 5.92. The van der Waals surface area contributed by atoms with Crippen molar-refractivity contribution in [1.29, 1.82) is 0 Å². The van der Waals surface area contributed by atoms with Crippen LogP contribution in [0.2, 0.25) is 0 Å². The Labute approximate surface area is 89.0 Å². The van der Waals surface area contributed by atoms with Crippen LogP contribution in [-0.2, 0) is 14.6 Å². The molecular formula is C7H14N2O3S2. The Morgan fingerprint density at radius 3 is 2.50 bits per heavy atom. The monoisotopic (exact) mass is 238 g/mol. The number of amides is 1. The lowest BCUT2D eigenvalue weighted by Crippen LogP contribution is -2.32. The minimum absolute atomic E-state index is 0.0402. The highest BCUT2D eigenvalue weighted by atomic mass is 32.2. The molecule has 0 saturated heterocycles. The molecular weight excluding hydrogens is 224 g/mol. The SMILES string of the molecule is CCS(=O)(=O)CCNC(=O)CC(N)=S. The summed E-state index contributed by atoms with van der Waals surface area (Å²) in [7, 11) is -3.02. The second-order valence-corrected chi connectivity index (χ2v) is 5.73. The fourth-order valence-electron chi connectivity index (χ4n) is 0.711. The summed E-state index contributed by atoms with van der Waals surface area (Å²) in [6.07, 6.45) is -0.0402. The van der Waals surface area contributed by atoms with E-state index in [4.69, 9.17) is 5.73 Å². The zero-order chi connectivity index (χ0) is 11.2. The summed E-state index contributed by atoms with van der Waals surface area (Å²) in [5, 5.41) is 2.42. The van der Waals surface area contributed by atoms with E-state index in [1.54, 1.807) is 6.92 Å². The Morgan fingerprint density at radius 1 is 1.50 bits per heavy atom. The molecule has 0 aromatic rings. The zero-order valence-corrected chi connectivity index (χ0v) is 9.58. The fourth-order valence-corrected chi connectivity index (χ4v) is 1.54. The van der Waals surface area contributed by atoms with Crippen LogP contribution >= 0.6 is 12.2 Å². The molecule has 5 nitrogen and oxygen atoms in total. The smallest absolute Gasteiger partial charge is 0.226 e. The minimum atomic E-state index is -3.02. The first-order valence-corrected chi connectivity index (χ1v) is 6.35. The van der Waals surface area contributed by atoms with E-state index in [0.717, 1.165) is 0 Å². The van der Waals surface area contributed by atoms with E-state index in [2.05, 4.69) is 17.5 Å². The predicted octanol–water partition coefficient (Wildman–Crippen LogP) is -0.786. The van der Waals surface area contributed by atoms with E-state index < -0.39 is 9.84 Å². The summed E-state index contributed by atoms with van der Waals surface area (Å²) >= 11 is 4.52. The zero-order valence-electron chi connectivity index (χ0n) is 7.95. The van der Waals surface area contributed by atoms with E-state index >= 15 is 0 Å².